The van der Waals surface area contributed by atoms with Gasteiger partial charge in [-0.2, -0.15) is 0 Å². The van der Waals surface area contributed by atoms with E-state index in [-0.39, 0.29) is 5.78 Å². The zero-order valence-electron chi connectivity index (χ0n) is 9.20. The van der Waals surface area contributed by atoms with Crippen LogP contribution in [-0.4, -0.2) is 18.4 Å². The van der Waals surface area contributed by atoms with E-state index in [9.17, 15) is 9.59 Å². The highest BCUT2D eigenvalue weighted by Gasteiger charge is 2.25. The molecule has 15 heavy (non-hydrogen) atoms. The van der Waals surface area contributed by atoms with Gasteiger partial charge in [0.25, 0.3) is 0 Å². The summed E-state index contributed by atoms with van der Waals surface area (Å²) in [5.74, 6) is -1.25. The van der Waals surface area contributed by atoms with Crippen molar-refractivity contribution < 1.29 is 14.3 Å². The molecule has 0 saturated heterocycles. The lowest BCUT2D eigenvalue weighted by molar-refractivity contribution is -0.151. The standard InChI is InChI=1S/C12H18O3/c1-4-7-9-11(13)10(8-5-2)12(14)15-6-3/h4-5,10H,1-2,6-9H2,3H3. The Bertz CT molecular complexity index is 243. The van der Waals surface area contributed by atoms with Gasteiger partial charge in [-0.3, -0.25) is 9.59 Å². The first-order valence-electron chi connectivity index (χ1n) is 5.08. The van der Waals surface area contributed by atoms with Crippen LogP contribution in [0.5, 0.6) is 0 Å². The van der Waals surface area contributed by atoms with Gasteiger partial charge in [0, 0.05) is 6.42 Å². The van der Waals surface area contributed by atoms with Gasteiger partial charge in [-0.15, -0.1) is 13.2 Å². The van der Waals surface area contributed by atoms with E-state index >= 15 is 0 Å². The molecule has 3 heteroatoms. The Morgan fingerprint density at radius 2 is 2.00 bits per heavy atom. The number of rotatable bonds is 8. The minimum absolute atomic E-state index is 0.103. The van der Waals surface area contributed by atoms with Gasteiger partial charge in [-0.1, -0.05) is 12.2 Å². The van der Waals surface area contributed by atoms with Crippen LogP contribution >= 0.6 is 0 Å². The van der Waals surface area contributed by atoms with Gasteiger partial charge in [0.05, 0.1) is 6.61 Å². The Morgan fingerprint density at radius 1 is 1.33 bits per heavy atom. The van der Waals surface area contributed by atoms with E-state index in [1.807, 2.05) is 0 Å². The summed E-state index contributed by atoms with van der Waals surface area (Å²) >= 11 is 0. The van der Waals surface area contributed by atoms with E-state index < -0.39 is 11.9 Å². The quantitative estimate of drug-likeness (QED) is 0.350. The molecule has 3 nitrogen and oxygen atoms in total. The maximum atomic E-state index is 11.6. The molecule has 0 aromatic heterocycles. The second-order valence-electron chi connectivity index (χ2n) is 3.12. The molecule has 0 aromatic rings. The third kappa shape index (κ3) is 5.15. The molecule has 0 radical (unpaired) electrons. The van der Waals surface area contributed by atoms with E-state index in [0.29, 0.717) is 25.9 Å². The zero-order chi connectivity index (χ0) is 11.7. The molecule has 0 aliphatic carbocycles. The van der Waals surface area contributed by atoms with Crippen molar-refractivity contribution in [2.24, 2.45) is 5.92 Å². The maximum absolute atomic E-state index is 11.6. The van der Waals surface area contributed by atoms with Crippen LogP contribution in [0.25, 0.3) is 0 Å². The van der Waals surface area contributed by atoms with Crippen LogP contribution in [0.3, 0.4) is 0 Å². The predicted molar refractivity (Wildman–Crippen MR) is 59.4 cm³/mol. The number of hydrogen-bond donors (Lipinski definition) is 0. The largest absolute Gasteiger partial charge is 0.465 e. The number of allylic oxidation sites excluding steroid dienone is 2. The summed E-state index contributed by atoms with van der Waals surface area (Å²) in [6.45, 7) is 9.07. The highest BCUT2D eigenvalue weighted by molar-refractivity contribution is 5.99. The summed E-state index contributed by atoms with van der Waals surface area (Å²) in [6.07, 6.45) is 4.49. The van der Waals surface area contributed by atoms with Crippen molar-refractivity contribution in [1.82, 2.24) is 0 Å². The first kappa shape index (κ1) is 13.6. The fourth-order valence-electron chi connectivity index (χ4n) is 1.19. The molecular weight excluding hydrogens is 192 g/mol. The molecule has 0 N–H and O–H groups in total. The van der Waals surface area contributed by atoms with Crippen molar-refractivity contribution in [3.05, 3.63) is 25.3 Å². The normalized spacial score (nSPS) is 11.5. The minimum Gasteiger partial charge on any atom is -0.465 e. The van der Waals surface area contributed by atoms with Crippen LogP contribution in [0, 0.1) is 5.92 Å². The first-order chi connectivity index (χ1) is 7.17. The molecule has 84 valence electrons. The van der Waals surface area contributed by atoms with Crippen molar-refractivity contribution in [3.63, 3.8) is 0 Å². The predicted octanol–water partition coefficient (Wildman–Crippen LogP) is 2.28. The Labute approximate surface area is 90.8 Å². The highest BCUT2D eigenvalue weighted by atomic mass is 16.5. The van der Waals surface area contributed by atoms with Gasteiger partial charge in [0.1, 0.15) is 11.7 Å². The van der Waals surface area contributed by atoms with Crippen molar-refractivity contribution in [2.45, 2.75) is 26.2 Å². The summed E-state index contributed by atoms with van der Waals surface area (Å²) < 4.78 is 4.82. The van der Waals surface area contributed by atoms with Crippen LogP contribution in [0.2, 0.25) is 0 Å². The second kappa shape index (κ2) is 7.97. The number of ether oxygens (including phenoxy) is 1. The molecule has 0 rings (SSSR count). The SMILES string of the molecule is C=CCCC(=O)C(CC=C)C(=O)OCC. The molecular formula is C12H18O3. The number of Topliss-reactive ketones (excluding diaryl/α,β-unsaturated/α-hetero) is 1. The van der Waals surface area contributed by atoms with Crippen LogP contribution in [0.15, 0.2) is 25.3 Å². The second-order valence-corrected chi connectivity index (χ2v) is 3.12. The van der Waals surface area contributed by atoms with E-state index in [4.69, 9.17) is 4.74 Å². The van der Waals surface area contributed by atoms with E-state index in [1.165, 1.54) is 0 Å². The number of ketones is 1. The molecule has 0 aliphatic rings. The molecule has 0 heterocycles. The molecule has 0 spiro atoms. The van der Waals surface area contributed by atoms with Crippen LogP contribution in [-0.2, 0) is 14.3 Å². The number of carbonyl (C=O) groups excluding carboxylic acids is 2. The van der Waals surface area contributed by atoms with Crippen molar-refractivity contribution in [3.8, 4) is 0 Å². The highest BCUT2D eigenvalue weighted by Crippen LogP contribution is 2.12. The minimum atomic E-state index is -0.692. The van der Waals surface area contributed by atoms with Gasteiger partial charge >= 0.3 is 5.97 Å². The number of hydrogen-bond acceptors (Lipinski definition) is 3. The zero-order valence-corrected chi connectivity index (χ0v) is 9.20. The van der Waals surface area contributed by atoms with Crippen LogP contribution < -0.4 is 0 Å². The molecule has 1 atom stereocenters. The van der Waals surface area contributed by atoms with Gasteiger partial charge in [-0.05, 0) is 19.8 Å². The maximum Gasteiger partial charge on any atom is 0.316 e. The van der Waals surface area contributed by atoms with Gasteiger partial charge in [-0.25, -0.2) is 0 Å². The third-order valence-electron chi connectivity index (χ3n) is 1.96. The average Bonchev–Trinajstić information content (AvgIpc) is 2.22. The Kier molecular flexibility index (Phi) is 7.24. The molecule has 0 aromatic carbocycles. The fourth-order valence-corrected chi connectivity index (χ4v) is 1.19. The summed E-state index contributed by atoms with van der Waals surface area (Å²) in [4.78, 5) is 23.0. The van der Waals surface area contributed by atoms with Gasteiger partial charge in [0.2, 0.25) is 0 Å². The van der Waals surface area contributed by atoms with E-state index in [0.717, 1.165) is 0 Å². The van der Waals surface area contributed by atoms with E-state index in [2.05, 4.69) is 13.2 Å². The summed E-state index contributed by atoms with van der Waals surface area (Å²) in [7, 11) is 0. The van der Waals surface area contributed by atoms with Crippen molar-refractivity contribution in [1.29, 1.82) is 0 Å². The number of esters is 1. The van der Waals surface area contributed by atoms with Crippen molar-refractivity contribution in [2.75, 3.05) is 6.61 Å². The molecule has 0 saturated carbocycles. The smallest absolute Gasteiger partial charge is 0.316 e. The Balaban J connectivity index is 4.35. The fraction of sp³-hybridized carbons (Fsp3) is 0.500. The average molecular weight is 210 g/mol. The molecule has 0 fully saturated rings. The Morgan fingerprint density at radius 3 is 2.47 bits per heavy atom. The third-order valence-corrected chi connectivity index (χ3v) is 1.96. The summed E-state index contributed by atoms with van der Waals surface area (Å²) in [5.41, 5.74) is 0. The van der Waals surface area contributed by atoms with Gasteiger partial charge < -0.3 is 4.74 Å². The number of carbonyl (C=O) groups is 2. The topological polar surface area (TPSA) is 43.4 Å². The lowest BCUT2D eigenvalue weighted by Crippen LogP contribution is -2.25. The van der Waals surface area contributed by atoms with Crippen molar-refractivity contribution >= 4 is 11.8 Å². The lowest BCUT2D eigenvalue weighted by atomic mass is 9.97. The Hall–Kier alpha value is -1.38. The molecule has 0 aliphatic heterocycles. The first-order valence-corrected chi connectivity index (χ1v) is 5.08. The summed E-state index contributed by atoms with van der Waals surface area (Å²) in [5, 5.41) is 0. The molecule has 0 bridgehead atoms. The lowest BCUT2D eigenvalue weighted by Gasteiger charge is -2.11. The molecule has 0 amide bonds. The van der Waals surface area contributed by atoms with Crippen LogP contribution in [0.1, 0.15) is 26.2 Å². The summed E-state index contributed by atoms with van der Waals surface area (Å²) in [6, 6.07) is 0. The van der Waals surface area contributed by atoms with Crippen LogP contribution in [0.4, 0.5) is 0 Å². The monoisotopic (exact) mass is 210 g/mol. The molecule has 1 unspecified atom stereocenters. The van der Waals surface area contributed by atoms with E-state index in [1.54, 1.807) is 19.1 Å². The van der Waals surface area contributed by atoms with Gasteiger partial charge in [0.15, 0.2) is 0 Å².